The molecule has 1 unspecified atom stereocenters. The van der Waals surface area contributed by atoms with Crippen molar-refractivity contribution in [2.45, 2.75) is 25.7 Å². The predicted octanol–water partition coefficient (Wildman–Crippen LogP) is 3.89. The third kappa shape index (κ3) is 6.37. The summed E-state index contributed by atoms with van der Waals surface area (Å²) in [5, 5.41) is 2.52. The highest BCUT2D eigenvalue weighted by molar-refractivity contribution is 5.95. The SMILES string of the molecule is COc1ccc(/C=C/C(=O)NC(C)C(=O)N(C)Cc2ccccc2C(F)(F)F)cc1. The van der Waals surface area contributed by atoms with Gasteiger partial charge in [-0.1, -0.05) is 30.3 Å². The Bertz CT molecular complexity index is 909. The van der Waals surface area contributed by atoms with E-state index in [2.05, 4.69) is 5.32 Å². The number of likely N-dealkylation sites (N-methyl/N-ethyl adjacent to an activating group) is 1. The minimum Gasteiger partial charge on any atom is -0.497 e. The smallest absolute Gasteiger partial charge is 0.416 e. The van der Waals surface area contributed by atoms with Crippen molar-refractivity contribution in [1.82, 2.24) is 10.2 Å². The van der Waals surface area contributed by atoms with Crippen LogP contribution in [0.3, 0.4) is 0 Å². The van der Waals surface area contributed by atoms with E-state index in [-0.39, 0.29) is 12.1 Å². The summed E-state index contributed by atoms with van der Waals surface area (Å²) >= 11 is 0. The van der Waals surface area contributed by atoms with Crippen LogP contribution in [0.15, 0.2) is 54.6 Å². The molecule has 0 aliphatic rings. The summed E-state index contributed by atoms with van der Waals surface area (Å²) in [6.45, 7) is 1.25. The first-order valence-electron chi connectivity index (χ1n) is 9.14. The molecule has 1 atom stereocenters. The van der Waals surface area contributed by atoms with Gasteiger partial charge in [-0.25, -0.2) is 0 Å². The first kappa shape index (κ1) is 23.0. The van der Waals surface area contributed by atoms with Crippen LogP contribution in [-0.2, 0) is 22.3 Å². The van der Waals surface area contributed by atoms with Crippen LogP contribution in [0.25, 0.3) is 6.08 Å². The Labute approximate surface area is 173 Å². The van der Waals surface area contributed by atoms with Gasteiger partial charge in [0, 0.05) is 19.7 Å². The zero-order chi connectivity index (χ0) is 22.3. The maximum absolute atomic E-state index is 13.1. The molecule has 2 aromatic carbocycles. The van der Waals surface area contributed by atoms with Crippen LogP contribution < -0.4 is 10.1 Å². The summed E-state index contributed by atoms with van der Waals surface area (Å²) < 4.78 is 44.4. The van der Waals surface area contributed by atoms with Crippen molar-refractivity contribution in [2.24, 2.45) is 0 Å². The lowest BCUT2D eigenvalue weighted by Gasteiger charge is -2.23. The molecule has 0 aliphatic heterocycles. The maximum atomic E-state index is 13.1. The highest BCUT2D eigenvalue weighted by Crippen LogP contribution is 2.32. The van der Waals surface area contributed by atoms with Crippen molar-refractivity contribution in [2.75, 3.05) is 14.2 Å². The van der Waals surface area contributed by atoms with Crippen LogP contribution in [0.1, 0.15) is 23.6 Å². The summed E-state index contributed by atoms with van der Waals surface area (Å²) in [4.78, 5) is 25.7. The second-order valence-corrected chi connectivity index (χ2v) is 6.69. The van der Waals surface area contributed by atoms with Gasteiger partial charge in [0.2, 0.25) is 11.8 Å². The standard InChI is InChI=1S/C22H23F3N2O3/c1-15(26-20(28)13-10-16-8-11-18(30-3)12-9-16)21(29)27(2)14-17-6-4-5-7-19(17)22(23,24)25/h4-13,15H,14H2,1-3H3,(H,26,28)/b13-10+. The molecular weight excluding hydrogens is 397 g/mol. The number of halogens is 3. The third-order valence-electron chi connectivity index (χ3n) is 4.38. The predicted molar refractivity (Wildman–Crippen MR) is 108 cm³/mol. The third-order valence-corrected chi connectivity index (χ3v) is 4.38. The lowest BCUT2D eigenvalue weighted by atomic mass is 10.1. The fraction of sp³-hybridized carbons (Fsp3) is 0.273. The van der Waals surface area contributed by atoms with E-state index in [9.17, 15) is 22.8 Å². The van der Waals surface area contributed by atoms with Crippen LogP contribution in [0, 0.1) is 0 Å². The number of alkyl halides is 3. The number of nitrogens with one attached hydrogen (secondary N) is 1. The number of carbonyl (C=O) groups is 2. The monoisotopic (exact) mass is 420 g/mol. The topological polar surface area (TPSA) is 58.6 Å². The van der Waals surface area contributed by atoms with Crippen LogP contribution in [-0.4, -0.2) is 36.9 Å². The molecule has 0 saturated heterocycles. The Morgan fingerprint density at radius 2 is 1.77 bits per heavy atom. The summed E-state index contributed by atoms with van der Waals surface area (Å²) in [5.41, 5.74) is -0.0339. The average molecular weight is 420 g/mol. The minimum atomic E-state index is -4.51. The van der Waals surface area contributed by atoms with E-state index < -0.39 is 29.6 Å². The van der Waals surface area contributed by atoms with E-state index in [4.69, 9.17) is 4.74 Å². The molecule has 0 fully saturated rings. The molecule has 0 radical (unpaired) electrons. The van der Waals surface area contributed by atoms with Gasteiger partial charge in [-0.3, -0.25) is 9.59 Å². The van der Waals surface area contributed by atoms with E-state index in [0.717, 1.165) is 16.5 Å². The van der Waals surface area contributed by atoms with Gasteiger partial charge in [0.15, 0.2) is 0 Å². The van der Waals surface area contributed by atoms with Crippen molar-refractivity contribution in [3.8, 4) is 5.75 Å². The first-order chi connectivity index (χ1) is 14.1. The number of benzene rings is 2. The summed E-state index contributed by atoms with van der Waals surface area (Å²) in [7, 11) is 2.95. The largest absolute Gasteiger partial charge is 0.497 e. The van der Waals surface area contributed by atoms with Gasteiger partial charge in [0.05, 0.1) is 12.7 Å². The first-order valence-corrected chi connectivity index (χ1v) is 9.14. The van der Waals surface area contributed by atoms with Crippen molar-refractivity contribution >= 4 is 17.9 Å². The number of carbonyl (C=O) groups excluding carboxylic acids is 2. The molecule has 0 spiro atoms. The zero-order valence-corrected chi connectivity index (χ0v) is 16.9. The number of nitrogens with zero attached hydrogens (tertiary/aromatic N) is 1. The molecule has 0 heterocycles. The van der Waals surface area contributed by atoms with Gasteiger partial charge in [-0.2, -0.15) is 13.2 Å². The molecular formula is C22H23F3N2O3. The normalized spacial score (nSPS) is 12.5. The van der Waals surface area contributed by atoms with Gasteiger partial charge in [-0.05, 0) is 42.3 Å². The maximum Gasteiger partial charge on any atom is 0.416 e. The van der Waals surface area contributed by atoms with E-state index >= 15 is 0 Å². The number of hydrogen-bond acceptors (Lipinski definition) is 3. The van der Waals surface area contributed by atoms with Gasteiger partial charge < -0.3 is 15.0 Å². The van der Waals surface area contributed by atoms with Gasteiger partial charge in [0.1, 0.15) is 11.8 Å². The summed E-state index contributed by atoms with van der Waals surface area (Å²) in [5.74, 6) is -0.306. The lowest BCUT2D eigenvalue weighted by Crippen LogP contribution is -2.44. The number of methoxy groups -OCH3 is 1. The molecule has 2 amide bonds. The number of hydrogen-bond donors (Lipinski definition) is 1. The van der Waals surface area contributed by atoms with Crippen LogP contribution in [0.4, 0.5) is 13.2 Å². The molecule has 0 bridgehead atoms. The summed E-state index contributed by atoms with van der Waals surface area (Å²) in [6.07, 6.45) is -1.65. The molecule has 30 heavy (non-hydrogen) atoms. The fourth-order valence-corrected chi connectivity index (χ4v) is 2.81. The quantitative estimate of drug-likeness (QED) is 0.692. The second-order valence-electron chi connectivity index (χ2n) is 6.69. The number of ether oxygens (including phenoxy) is 1. The molecule has 1 N–H and O–H groups in total. The minimum absolute atomic E-state index is 0.0150. The zero-order valence-electron chi connectivity index (χ0n) is 16.9. The molecule has 8 heteroatoms. The second kappa shape index (κ2) is 9.96. The number of rotatable bonds is 7. The van der Waals surface area contributed by atoms with Crippen molar-refractivity contribution in [3.63, 3.8) is 0 Å². The Morgan fingerprint density at radius 1 is 1.13 bits per heavy atom. The van der Waals surface area contributed by atoms with Crippen LogP contribution in [0.2, 0.25) is 0 Å². The van der Waals surface area contributed by atoms with E-state index in [1.165, 1.54) is 38.2 Å². The molecule has 5 nitrogen and oxygen atoms in total. The van der Waals surface area contributed by atoms with E-state index in [0.29, 0.717) is 5.75 Å². The highest BCUT2D eigenvalue weighted by atomic mass is 19.4. The van der Waals surface area contributed by atoms with Crippen molar-refractivity contribution in [3.05, 3.63) is 71.3 Å². The number of amides is 2. The van der Waals surface area contributed by atoms with Crippen molar-refractivity contribution < 1.29 is 27.5 Å². The molecule has 0 saturated carbocycles. The van der Waals surface area contributed by atoms with Crippen LogP contribution in [0.5, 0.6) is 5.75 Å². The van der Waals surface area contributed by atoms with Gasteiger partial charge >= 0.3 is 6.18 Å². The van der Waals surface area contributed by atoms with Crippen molar-refractivity contribution in [1.29, 1.82) is 0 Å². The Kier molecular flexibility index (Phi) is 7.63. The average Bonchev–Trinajstić information content (AvgIpc) is 2.71. The van der Waals surface area contributed by atoms with Crippen LogP contribution >= 0.6 is 0 Å². The Morgan fingerprint density at radius 3 is 2.37 bits per heavy atom. The highest BCUT2D eigenvalue weighted by Gasteiger charge is 2.33. The van der Waals surface area contributed by atoms with E-state index in [1.54, 1.807) is 37.5 Å². The molecule has 0 aromatic heterocycles. The summed E-state index contributed by atoms with van der Waals surface area (Å²) in [6, 6.07) is 11.2. The van der Waals surface area contributed by atoms with E-state index in [1.807, 2.05) is 0 Å². The van der Waals surface area contributed by atoms with Gasteiger partial charge in [-0.15, -0.1) is 0 Å². The van der Waals surface area contributed by atoms with Gasteiger partial charge in [0.25, 0.3) is 0 Å². The fourth-order valence-electron chi connectivity index (χ4n) is 2.81. The lowest BCUT2D eigenvalue weighted by molar-refractivity contribution is -0.140. The molecule has 2 aromatic rings. The Hall–Kier alpha value is -3.29. The molecule has 0 aliphatic carbocycles. The Balaban J connectivity index is 1.96. The molecule has 160 valence electrons. The molecule has 2 rings (SSSR count).